The minimum atomic E-state index is -4.43. The lowest BCUT2D eigenvalue weighted by atomic mass is 9.86. The summed E-state index contributed by atoms with van der Waals surface area (Å²) in [6, 6.07) is 0.166. The van der Waals surface area contributed by atoms with Crippen molar-refractivity contribution in [3.63, 3.8) is 0 Å². The van der Waals surface area contributed by atoms with Crippen LogP contribution in [0, 0.1) is 0 Å². The number of nitrogens with zero attached hydrogens (tertiary/aromatic N) is 1. The van der Waals surface area contributed by atoms with Gasteiger partial charge in [-0.3, -0.25) is 4.98 Å². The molecule has 1 fully saturated rings. The lowest BCUT2D eigenvalue weighted by molar-refractivity contribution is -0.139. The molecule has 1 heterocycles. The molecule has 1 saturated carbocycles. The zero-order valence-corrected chi connectivity index (χ0v) is 11.4. The molecule has 3 nitrogen and oxygen atoms in total. The third kappa shape index (κ3) is 2.81. The van der Waals surface area contributed by atoms with Crippen LogP contribution in [0.1, 0.15) is 49.8 Å². The first-order valence-corrected chi connectivity index (χ1v) is 6.81. The van der Waals surface area contributed by atoms with Gasteiger partial charge in [0.1, 0.15) is 0 Å². The van der Waals surface area contributed by atoms with Crippen molar-refractivity contribution < 1.29 is 17.9 Å². The van der Waals surface area contributed by atoms with Gasteiger partial charge in [-0.05, 0) is 25.8 Å². The molecule has 2 rings (SSSR count). The minimum Gasteiger partial charge on any atom is -0.373 e. The van der Waals surface area contributed by atoms with Crippen LogP contribution in [0.3, 0.4) is 0 Å². The van der Waals surface area contributed by atoms with Crippen molar-refractivity contribution in [2.24, 2.45) is 5.73 Å². The summed E-state index contributed by atoms with van der Waals surface area (Å²) in [6.45, 7) is 2.27. The van der Waals surface area contributed by atoms with Gasteiger partial charge < -0.3 is 10.5 Å². The molecule has 0 spiro atoms. The number of alkyl halides is 3. The summed E-state index contributed by atoms with van der Waals surface area (Å²) in [4.78, 5) is 3.81. The summed E-state index contributed by atoms with van der Waals surface area (Å²) in [5.41, 5.74) is 4.76. The number of pyridine rings is 1. The van der Waals surface area contributed by atoms with Crippen molar-refractivity contribution in [2.45, 2.75) is 50.4 Å². The largest absolute Gasteiger partial charge is 0.416 e. The van der Waals surface area contributed by atoms with Crippen molar-refractivity contribution in [3.05, 3.63) is 29.6 Å². The quantitative estimate of drug-likeness (QED) is 0.923. The normalized spacial score (nSPS) is 20.1. The smallest absolute Gasteiger partial charge is 0.373 e. The third-order valence-corrected chi connectivity index (χ3v) is 3.94. The molecule has 0 bridgehead atoms. The maximum atomic E-state index is 13.1. The monoisotopic (exact) mass is 288 g/mol. The van der Waals surface area contributed by atoms with Gasteiger partial charge in [0.2, 0.25) is 0 Å². The van der Waals surface area contributed by atoms with Gasteiger partial charge in [-0.25, -0.2) is 0 Å². The maximum Gasteiger partial charge on any atom is 0.416 e. The van der Waals surface area contributed by atoms with Gasteiger partial charge in [0.15, 0.2) is 0 Å². The molecule has 1 aromatic heterocycles. The van der Waals surface area contributed by atoms with E-state index in [-0.39, 0.29) is 5.56 Å². The van der Waals surface area contributed by atoms with Crippen LogP contribution in [-0.4, -0.2) is 17.2 Å². The summed E-state index contributed by atoms with van der Waals surface area (Å²) in [7, 11) is 0. The second-order valence-corrected chi connectivity index (χ2v) is 5.14. The van der Waals surface area contributed by atoms with Crippen LogP contribution in [0.25, 0.3) is 0 Å². The second kappa shape index (κ2) is 5.69. The first kappa shape index (κ1) is 15.3. The molecule has 20 heavy (non-hydrogen) atoms. The van der Waals surface area contributed by atoms with Gasteiger partial charge in [0.25, 0.3) is 0 Å². The van der Waals surface area contributed by atoms with Crippen molar-refractivity contribution in [2.75, 3.05) is 6.61 Å². The Balaban J connectivity index is 2.40. The molecule has 1 aliphatic carbocycles. The Labute approximate surface area is 116 Å². The van der Waals surface area contributed by atoms with Crippen LogP contribution in [-0.2, 0) is 10.9 Å². The summed E-state index contributed by atoms with van der Waals surface area (Å²) < 4.78 is 45.0. The van der Waals surface area contributed by atoms with E-state index < -0.39 is 23.4 Å². The topological polar surface area (TPSA) is 48.1 Å². The number of hydrogen-bond acceptors (Lipinski definition) is 3. The predicted octanol–water partition coefficient (Wildman–Crippen LogP) is 3.45. The maximum absolute atomic E-state index is 13.1. The zero-order chi connectivity index (χ0) is 14.8. The van der Waals surface area contributed by atoms with Gasteiger partial charge in [0, 0.05) is 24.6 Å². The van der Waals surface area contributed by atoms with Crippen LogP contribution in [0.2, 0.25) is 0 Å². The molecule has 1 aromatic rings. The Morgan fingerprint density at radius 2 is 2.05 bits per heavy atom. The summed E-state index contributed by atoms with van der Waals surface area (Å²) in [5.74, 6) is 0. The highest BCUT2D eigenvalue weighted by atomic mass is 19.4. The van der Waals surface area contributed by atoms with Gasteiger partial charge in [-0.15, -0.1) is 0 Å². The molecular weight excluding hydrogens is 269 g/mol. The molecule has 0 amide bonds. The van der Waals surface area contributed by atoms with E-state index in [1.165, 1.54) is 6.20 Å². The molecule has 0 aliphatic heterocycles. The van der Waals surface area contributed by atoms with E-state index in [1.807, 2.05) is 6.92 Å². The van der Waals surface area contributed by atoms with Crippen LogP contribution < -0.4 is 5.73 Å². The van der Waals surface area contributed by atoms with Crippen LogP contribution in [0.15, 0.2) is 18.5 Å². The number of nitrogens with two attached hydrogens (primary N) is 1. The van der Waals surface area contributed by atoms with E-state index >= 15 is 0 Å². The first-order valence-electron chi connectivity index (χ1n) is 6.81. The van der Waals surface area contributed by atoms with Gasteiger partial charge >= 0.3 is 6.18 Å². The fourth-order valence-corrected chi connectivity index (χ4v) is 3.00. The standard InChI is InChI=1S/C14H19F3N2O/c1-2-20-13(6-3-4-7-13)12(18)10-9-19-8-5-11(10)14(15,16)17/h5,8-9,12H,2-4,6-7,18H2,1H3. The number of rotatable bonds is 4. The highest BCUT2D eigenvalue weighted by Crippen LogP contribution is 2.44. The number of ether oxygens (including phenoxy) is 1. The molecule has 0 saturated heterocycles. The highest BCUT2D eigenvalue weighted by Gasteiger charge is 2.44. The molecule has 1 atom stereocenters. The molecule has 6 heteroatoms. The second-order valence-electron chi connectivity index (χ2n) is 5.14. The van der Waals surface area contributed by atoms with E-state index in [1.54, 1.807) is 0 Å². The van der Waals surface area contributed by atoms with Crippen molar-refractivity contribution >= 4 is 0 Å². The lowest BCUT2D eigenvalue weighted by Gasteiger charge is -2.36. The minimum absolute atomic E-state index is 0.0235. The van der Waals surface area contributed by atoms with E-state index in [9.17, 15) is 13.2 Å². The lowest BCUT2D eigenvalue weighted by Crippen LogP contribution is -2.42. The van der Waals surface area contributed by atoms with Gasteiger partial charge in [-0.1, -0.05) is 12.8 Å². The van der Waals surface area contributed by atoms with Crippen LogP contribution in [0.4, 0.5) is 13.2 Å². The Kier molecular flexibility index (Phi) is 4.34. The van der Waals surface area contributed by atoms with Crippen LogP contribution in [0.5, 0.6) is 0 Å². The number of aromatic nitrogens is 1. The van der Waals surface area contributed by atoms with E-state index in [2.05, 4.69) is 4.98 Å². The van der Waals surface area contributed by atoms with Gasteiger partial charge in [-0.2, -0.15) is 13.2 Å². The fraction of sp³-hybridized carbons (Fsp3) is 0.643. The molecule has 2 N–H and O–H groups in total. The van der Waals surface area contributed by atoms with Crippen molar-refractivity contribution in [1.29, 1.82) is 0 Å². The Morgan fingerprint density at radius 3 is 2.60 bits per heavy atom. The summed E-state index contributed by atoms with van der Waals surface area (Å²) >= 11 is 0. The molecule has 0 radical (unpaired) electrons. The average molecular weight is 288 g/mol. The van der Waals surface area contributed by atoms with E-state index in [0.717, 1.165) is 25.1 Å². The Hall–Kier alpha value is -1.14. The average Bonchev–Trinajstić information content (AvgIpc) is 2.87. The zero-order valence-electron chi connectivity index (χ0n) is 11.4. The van der Waals surface area contributed by atoms with Gasteiger partial charge in [0.05, 0.1) is 17.2 Å². The van der Waals surface area contributed by atoms with E-state index in [4.69, 9.17) is 10.5 Å². The fourth-order valence-electron chi connectivity index (χ4n) is 3.00. The molecule has 0 aromatic carbocycles. The molecule has 1 aliphatic rings. The van der Waals surface area contributed by atoms with Crippen molar-refractivity contribution in [3.8, 4) is 0 Å². The summed E-state index contributed by atoms with van der Waals surface area (Å²) in [5, 5.41) is 0. The molecule has 112 valence electrons. The third-order valence-electron chi connectivity index (χ3n) is 3.94. The first-order chi connectivity index (χ1) is 9.41. The SMILES string of the molecule is CCOC1(C(N)c2cnccc2C(F)(F)F)CCCC1. The predicted molar refractivity (Wildman–Crippen MR) is 69.0 cm³/mol. The number of halogens is 3. The van der Waals surface area contributed by atoms with E-state index in [0.29, 0.717) is 19.4 Å². The molecule has 1 unspecified atom stereocenters. The highest BCUT2D eigenvalue weighted by molar-refractivity contribution is 5.31. The Morgan fingerprint density at radius 1 is 1.40 bits per heavy atom. The Bertz CT molecular complexity index is 456. The van der Waals surface area contributed by atoms with Crippen LogP contribution >= 0.6 is 0 Å². The molecular formula is C14H19F3N2O. The summed E-state index contributed by atoms with van der Waals surface area (Å²) in [6.07, 6.45) is 1.16. The number of hydrogen-bond donors (Lipinski definition) is 1. The van der Waals surface area contributed by atoms with Crippen molar-refractivity contribution in [1.82, 2.24) is 4.98 Å².